The van der Waals surface area contributed by atoms with Gasteiger partial charge in [0.2, 0.25) is 5.91 Å². The van der Waals surface area contributed by atoms with Gasteiger partial charge in [-0.25, -0.2) is 0 Å². The van der Waals surface area contributed by atoms with Gasteiger partial charge in [-0.05, 0) is 44.4 Å². The van der Waals surface area contributed by atoms with Gasteiger partial charge in [0.15, 0.2) is 0 Å². The number of hydrogen-bond donors (Lipinski definition) is 2. The zero-order valence-electron chi connectivity index (χ0n) is 14.5. The van der Waals surface area contributed by atoms with E-state index in [9.17, 15) is 4.79 Å². The molecule has 6 heteroatoms. The van der Waals surface area contributed by atoms with Crippen molar-refractivity contribution in [2.75, 3.05) is 24.5 Å². The number of nitrogens with zero attached hydrogens (tertiary/aromatic N) is 1. The predicted octanol–water partition coefficient (Wildman–Crippen LogP) is 3.31. The first-order valence-corrected chi connectivity index (χ1v) is 8.53. The minimum atomic E-state index is 0. The first-order chi connectivity index (χ1) is 10.7. The second kappa shape index (κ2) is 12.4. The first kappa shape index (κ1) is 23.0. The fraction of sp³-hybridized carbons (Fsp3) is 0.611. The summed E-state index contributed by atoms with van der Waals surface area (Å²) in [5.74, 6) is 0.173. The van der Waals surface area contributed by atoms with Gasteiger partial charge in [0.05, 0.1) is 0 Å². The van der Waals surface area contributed by atoms with Crippen LogP contribution in [-0.4, -0.2) is 31.6 Å². The number of rotatable bonds is 9. The molecule has 1 amide bonds. The number of para-hydroxylation sites is 1. The average molecular weight is 376 g/mol. The molecule has 24 heavy (non-hydrogen) atoms. The maximum atomic E-state index is 11.9. The Labute approximate surface area is 158 Å². The van der Waals surface area contributed by atoms with Crippen LogP contribution in [0.3, 0.4) is 0 Å². The van der Waals surface area contributed by atoms with Crippen LogP contribution in [-0.2, 0) is 11.2 Å². The van der Waals surface area contributed by atoms with E-state index < -0.39 is 0 Å². The SMILES string of the molecule is CC(CNC(=O)CCCCCCN)N1CCc2ccccc21.Cl.Cl. The lowest BCUT2D eigenvalue weighted by Gasteiger charge is -2.27. The van der Waals surface area contributed by atoms with E-state index in [1.165, 1.54) is 11.3 Å². The van der Waals surface area contributed by atoms with Crippen molar-refractivity contribution in [1.82, 2.24) is 5.32 Å². The Bertz CT molecular complexity index is 485. The lowest BCUT2D eigenvalue weighted by atomic mass is 10.1. The summed E-state index contributed by atoms with van der Waals surface area (Å²) in [6.07, 6.45) is 5.99. The molecule has 1 aliphatic rings. The van der Waals surface area contributed by atoms with E-state index >= 15 is 0 Å². The largest absolute Gasteiger partial charge is 0.366 e. The molecule has 0 aliphatic carbocycles. The van der Waals surface area contributed by atoms with E-state index in [2.05, 4.69) is 41.4 Å². The Morgan fingerprint density at radius 3 is 2.67 bits per heavy atom. The van der Waals surface area contributed by atoms with Crippen molar-refractivity contribution in [3.05, 3.63) is 29.8 Å². The summed E-state index contributed by atoms with van der Waals surface area (Å²) in [6, 6.07) is 8.90. The molecule has 0 aromatic heterocycles. The van der Waals surface area contributed by atoms with Gasteiger partial charge in [-0.3, -0.25) is 4.79 Å². The number of halogens is 2. The predicted molar refractivity (Wildman–Crippen MR) is 107 cm³/mol. The Morgan fingerprint density at radius 1 is 1.21 bits per heavy atom. The number of hydrogen-bond acceptors (Lipinski definition) is 3. The third kappa shape index (κ3) is 6.88. The summed E-state index contributed by atoms with van der Waals surface area (Å²) in [6.45, 7) is 4.70. The monoisotopic (exact) mass is 375 g/mol. The summed E-state index contributed by atoms with van der Waals surface area (Å²) in [5.41, 5.74) is 8.20. The molecule has 1 aliphatic heterocycles. The van der Waals surface area contributed by atoms with E-state index in [0.717, 1.165) is 51.7 Å². The Balaban J connectivity index is 0.00000264. The number of fused-ring (bicyclic) bond motifs is 1. The molecule has 1 unspecified atom stereocenters. The minimum absolute atomic E-state index is 0. The van der Waals surface area contributed by atoms with Crippen molar-refractivity contribution in [1.29, 1.82) is 0 Å². The van der Waals surface area contributed by atoms with E-state index in [1.807, 2.05) is 0 Å². The van der Waals surface area contributed by atoms with Crippen molar-refractivity contribution in [3.63, 3.8) is 0 Å². The molecular formula is C18H31Cl2N3O. The van der Waals surface area contributed by atoms with Crippen molar-refractivity contribution in [2.45, 2.75) is 51.5 Å². The number of nitrogens with one attached hydrogen (secondary N) is 1. The highest BCUT2D eigenvalue weighted by Crippen LogP contribution is 2.28. The topological polar surface area (TPSA) is 58.4 Å². The average Bonchev–Trinajstić information content (AvgIpc) is 2.96. The summed E-state index contributed by atoms with van der Waals surface area (Å²) < 4.78 is 0. The molecule has 1 heterocycles. The standard InChI is InChI=1S/C18H29N3O.2ClH/c1-15(14-20-18(22)10-4-2-3-7-12-19)21-13-11-16-8-5-6-9-17(16)21;;/h5-6,8-9,15H,2-4,7,10-14,19H2,1H3,(H,20,22);2*1H. The normalized spacial score (nSPS) is 13.5. The highest BCUT2D eigenvalue weighted by Gasteiger charge is 2.22. The lowest BCUT2D eigenvalue weighted by molar-refractivity contribution is -0.121. The van der Waals surface area contributed by atoms with Crippen LogP contribution in [0.25, 0.3) is 0 Å². The van der Waals surface area contributed by atoms with Crippen LogP contribution in [0.4, 0.5) is 5.69 Å². The summed E-state index contributed by atoms with van der Waals surface area (Å²) in [4.78, 5) is 14.3. The summed E-state index contributed by atoms with van der Waals surface area (Å²) in [5, 5.41) is 3.08. The number of nitrogens with two attached hydrogens (primary N) is 1. The number of benzene rings is 1. The summed E-state index contributed by atoms with van der Waals surface area (Å²) in [7, 11) is 0. The molecule has 2 rings (SSSR count). The quantitative estimate of drug-likeness (QED) is 0.650. The number of anilines is 1. The molecule has 1 aromatic rings. The maximum Gasteiger partial charge on any atom is 0.220 e. The fourth-order valence-electron chi connectivity index (χ4n) is 3.07. The van der Waals surface area contributed by atoms with Crippen molar-refractivity contribution in [2.24, 2.45) is 5.73 Å². The van der Waals surface area contributed by atoms with Gasteiger partial charge < -0.3 is 16.0 Å². The van der Waals surface area contributed by atoms with Gasteiger partial charge in [-0.1, -0.05) is 31.0 Å². The molecule has 0 spiro atoms. The molecule has 1 aromatic carbocycles. The van der Waals surface area contributed by atoms with Gasteiger partial charge in [-0.2, -0.15) is 0 Å². The smallest absolute Gasteiger partial charge is 0.220 e. The second-order valence-corrected chi connectivity index (χ2v) is 6.18. The molecule has 138 valence electrons. The van der Waals surface area contributed by atoms with Crippen molar-refractivity contribution in [3.8, 4) is 0 Å². The summed E-state index contributed by atoms with van der Waals surface area (Å²) >= 11 is 0. The van der Waals surface area contributed by atoms with Gasteiger partial charge in [-0.15, -0.1) is 24.8 Å². The van der Waals surface area contributed by atoms with Crippen LogP contribution in [0.2, 0.25) is 0 Å². The van der Waals surface area contributed by atoms with Crippen LogP contribution < -0.4 is 16.0 Å². The molecule has 3 N–H and O–H groups in total. The number of amides is 1. The molecule has 4 nitrogen and oxygen atoms in total. The van der Waals surface area contributed by atoms with E-state index in [0.29, 0.717) is 12.5 Å². The molecular weight excluding hydrogens is 345 g/mol. The van der Waals surface area contributed by atoms with Crippen LogP contribution in [0.5, 0.6) is 0 Å². The zero-order chi connectivity index (χ0) is 15.8. The van der Waals surface area contributed by atoms with E-state index in [4.69, 9.17) is 5.73 Å². The van der Waals surface area contributed by atoms with Gasteiger partial charge in [0, 0.05) is 31.2 Å². The first-order valence-electron chi connectivity index (χ1n) is 8.53. The van der Waals surface area contributed by atoms with Gasteiger partial charge in [0.1, 0.15) is 0 Å². The highest BCUT2D eigenvalue weighted by atomic mass is 35.5. The third-order valence-corrected chi connectivity index (χ3v) is 4.41. The fourth-order valence-corrected chi connectivity index (χ4v) is 3.07. The van der Waals surface area contributed by atoms with Crippen LogP contribution in [0, 0.1) is 0 Å². The molecule has 0 bridgehead atoms. The Morgan fingerprint density at radius 2 is 1.92 bits per heavy atom. The zero-order valence-corrected chi connectivity index (χ0v) is 16.1. The van der Waals surface area contributed by atoms with Gasteiger partial charge >= 0.3 is 0 Å². The van der Waals surface area contributed by atoms with Crippen LogP contribution in [0.15, 0.2) is 24.3 Å². The number of unbranched alkanes of at least 4 members (excludes halogenated alkanes) is 3. The van der Waals surface area contributed by atoms with Crippen LogP contribution >= 0.6 is 24.8 Å². The van der Waals surface area contributed by atoms with Crippen molar-refractivity contribution >= 4 is 36.4 Å². The molecule has 0 saturated heterocycles. The molecule has 0 radical (unpaired) electrons. The van der Waals surface area contributed by atoms with E-state index in [-0.39, 0.29) is 30.7 Å². The third-order valence-electron chi connectivity index (χ3n) is 4.41. The van der Waals surface area contributed by atoms with Crippen molar-refractivity contribution < 1.29 is 4.79 Å². The van der Waals surface area contributed by atoms with E-state index in [1.54, 1.807) is 0 Å². The molecule has 1 atom stereocenters. The van der Waals surface area contributed by atoms with Crippen LogP contribution in [0.1, 0.15) is 44.6 Å². The minimum Gasteiger partial charge on any atom is -0.366 e. The highest BCUT2D eigenvalue weighted by molar-refractivity contribution is 5.85. The maximum absolute atomic E-state index is 11.9. The van der Waals surface area contributed by atoms with Gasteiger partial charge in [0.25, 0.3) is 0 Å². The number of carbonyl (C=O) groups excluding carboxylic acids is 1. The Kier molecular flexibility index (Phi) is 11.9. The second-order valence-electron chi connectivity index (χ2n) is 6.18. The molecule has 0 fully saturated rings. The lowest BCUT2D eigenvalue weighted by Crippen LogP contribution is -2.41. The number of carbonyl (C=O) groups is 1. The Hall–Kier alpha value is -0.970. The molecule has 0 saturated carbocycles.